The normalized spacial score (nSPS) is 26.6. The minimum atomic E-state index is -0.412. The van der Waals surface area contributed by atoms with E-state index in [1.165, 1.54) is 5.56 Å². The first-order valence-electron chi connectivity index (χ1n) is 7.64. The number of benzene rings is 2. The minimum Gasteiger partial charge on any atom is -0.388 e. The molecule has 3 unspecified atom stereocenters. The molecule has 0 amide bonds. The highest BCUT2D eigenvalue weighted by molar-refractivity contribution is 6.36. The predicted octanol–water partition coefficient (Wildman–Crippen LogP) is 4.40. The third kappa shape index (κ3) is 2.17. The standard InChI is InChI=1S/C18H17Cl2NO/c19-10-4-5-11(16(20)8-10)12-2-1-3-13-15-9-21-7-6-14(15)18(22)17(12)13/h1-5,8,14-15,18,21-22H,6-7,9H2. The van der Waals surface area contributed by atoms with Gasteiger partial charge < -0.3 is 10.4 Å². The van der Waals surface area contributed by atoms with Crippen LogP contribution in [-0.4, -0.2) is 18.2 Å². The highest BCUT2D eigenvalue weighted by Gasteiger charge is 2.42. The van der Waals surface area contributed by atoms with Crippen molar-refractivity contribution in [1.82, 2.24) is 5.32 Å². The first-order chi connectivity index (χ1) is 10.7. The summed E-state index contributed by atoms with van der Waals surface area (Å²) < 4.78 is 0. The van der Waals surface area contributed by atoms with Crippen LogP contribution in [0.1, 0.15) is 29.6 Å². The fraction of sp³-hybridized carbons (Fsp3) is 0.333. The van der Waals surface area contributed by atoms with Crippen molar-refractivity contribution in [3.63, 3.8) is 0 Å². The molecule has 2 aromatic rings. The third-order valence-corrected chi connectivity index (χ3v) is 5.55. The molecule has 2 aliphatic rings. The Balaban J connectivity index is 1.88. The van der Waals surface area contributed by atoms with E-state index in [1.807, 2.05) is 18.2 Å². The SMILES string of the molecule is OC1c2c(-c3ccc(Cl)cc3Cl)cccc2C2CNCCC12. The number of hydrogen-bond acceptors (Lipinski definition) is 2. The van der Waals surface area contributed by atoms with E-state index >= 15 is 0 Å². The van der Waals surface area contributed by atoms with E-state index in [0.717, 1.165) is 36.2 Å². The molecule has 0 radical (unpaired) electrons. The van der Waals surface area contributed by atoms with Gasteiger partial charge >= 0.3 is 0 Å². The van der Waals surface area contributed by atoms with Gasteiger partial charge in [0.05, 0.1) is 6.10 Å². The summed E-state index contributed by atoms with van der Waals surface area (Å²) in [7, 11) is 0. The molecule has 2 nitrogen and oxygen atoms in total. The summed E-state index contributed by atoms with van der Waals surface area (Å²) in [6.45, 7) is 1.91. The fourth-order valence-corrected chi connectivity index (χ4v) is 4.50. The Hall–Kier alpha value is -1.06. The van der Waals surface area contributed by atoms with Crippen LogP contribution in [0.25, 0.3) is 11.1 Å². The van der Waals surface area contributed by atoms with Crippen molar-refractivity contribution < 1.29 is 5.11 Å². The zero-order valence-corrected chi connectivity index (χ0v) is 13.5. The van der Waals surface area contributed by atoms with E-state index in [-0.39, 0.29) is 0 Å². The van der Waals surface area contributed by atoms with Crippen LogP contribution in [0.2, 0.25) is 10.0 Å². The first-order valence-corrected chi connectivity index (χ1v) is 8.39. The molecule has 1 aliphatic carbocycles. The average molecular weight is 334 g/mol. The number of fused-ring (bicyclic) bond motifs is 3. The molecule has 4 rings (SSSR count). The van der Waals surface area contributed by atoms with Crippen molar-refractivity contribution >= 4 is 23.2 Å². The first kappa shape index (κ1) is 14.5. The van der Waals surface area contributed by atoms with Gasteiger partial charge in [0.1, 0.15) is 0 Å². The van der Waals surface area contributed by atoms with Gasteiger partial charge in [0, 0.05) is 28.1 Å². The van der Waals surface area contributed by atoms with E-state index in [0.29, 0.717) is 21.9 Å². The lowest BCUT2D eigenvalue weighted by Gasteiger charge is -2.28. The third-order valence-electron chi connectivity index (χ3n) is 5.00. The fourth-order valence-electron chi connectivity index (χ4n) is 3.99. The zero-order valence-electron chi connectivity index (χ0n) is 12.0. The van der Waals surface area contributed by atoms with Gasteiger partial charge in [-0.2, -0.15) is 0 Å². The second-order valence-electron chi connectivity index (χ2n) is 6.14. The summed E-state index contributed by atoms with van der Waals surface area (Å²) in [6.07, 6.45) is 0.596. The molecule has 1 aliphatic heterocycles. The zero-order chi connectivity index (χ0) is 15.3. The van der Waals surface area contributed by atoms with E-state index in [4.69, 9.17) is 23.2 Å². The second kappa shape index (κ2) is 5.54. The van der Waals surface area contributed by atoms with Gasteiger partial charge in [0.15, 0.2) is 0 Å². The van der Waals surface area contributed by atoms with E-state index < -0.39 is 6.10 Å². The molecule has 0 bridgehead atoms. The molecule has 4 heteroatoms. The summed E-state index contributed by atoms with van der Waals surface area (Å²) >= 11 is 12.4. The number of rotatable bonds is 1. The smallest absolute Gasteiger partial charge is 0.0833 e. The second-order valence-corrected chi connectivity index (χ2v) is 6.98. The van der Waals surface area contributed by atoms with E-state index in [1.54, 1.807) is 6.07 Å². The van der Waals surface area contributed by atoms with Crippen LogP contribution in [0.3, 0.4) is 0 Å². The molecule has 2 N–H and O–H groups in total. The Kier molecular flexibility index (Phi) is 3.66. The molecule has 22 heavy (non-hydrogen) atoms. The molecule has 1 fully saturated rings. The number of nitrogens with one attached hydrogen (secondary N) is 1. The van der Waals surface area contributed by atoms with Crippen LogP contribution in [0.5, 0.6) is 0 Å². The van der Waals surface area contributed by atoms with Gasteiger partial charge in [-0.1, -0.05) is 47.5 Å². The number of hydrogen-bond donors (Lipinski definition) is 2. The lowest BCUT2D eigenvalue weighted by Crippen LogP contribution is -2.34. The molecule has 0 aromatic heterocycles. The summed E-state index contributed by atoms with van der Waals surface area (Å²) in [6, 6.07) is 11.8. The Morgan fingerprint density at radius 1 is 1.09 bits per heavy atom. The van der Waals surface area contributed by atoms with Crippen LogP contribution in [0, 0.1) is 5.92 Å². The molecule has 0 spiro atoms. The molecular weight excluding hydrogens is 317 g/mol. The van der Waals surface area contributed by atoms with Crippen LogP contribution in [-0.2, 0) is 0 Å². The predicted molar refractivity (Wildman–Crippen MR) is 90.6 cm³/mol. The van der Waals surface area contributed by atoms with Gasteiger partial charge in [-0.15, -0.1) is 0 Å². The Morgan fingerprint density at radius 3 is 2.77 bits per heavy atom. The van der Waals surface area contributed by atoms with Crippen molar-refractivity contribution in [3.8, 4) is 11.1 Å². The van der Waals surface area contributed by atoms with Crippen LogP contribution in [0.15, 0.2) is 36.4 Å². The lowest BCUT2D eigenvalue weighted by molar-refractivity contribution is 0.0956. The van der Waals surface area contributed by atoms with Crippen LogP contribution in [0.4, 0.5) is 0 Å². The van der Waals surface area contributed by atoms with Crippen LogP contribution < -0.4 is 5.32 Å². The maximum absolute atomic E-state index is 10.9. The molecular formula is C18H17Cl2NO. The number of halogens is 2. The molecule has 1 saturated heterocycles. The summed E-state index contributed by atoms with van der Waals surface area (Å²) in [5.74, 6) is 0.702. The largest absolute Gasteiger partial charge is 0.388 e. The quantitative estimate of drug-likeness (QED) is 0.810. The van der Waals surface area contributed by atoms with E-state index in [2.05, 4.69) is 17.4 Å². The molecule has 3 atom stereocenters. The molecule has 2 aromatic carbocycles. The van der Waals surface area contributed by atoms with E-state index in [9.17, 15) is 5.11 Å². The maximum atomic E-state index is 10.9. The minimum absolute atomic E-state index is 0.309. The van der Waals surface area contributed by atoms with Gasteiger partial charge in [-0.05, 0) is 47.7 Å². The monoisotopic (exact) mass is 333 g/mol. The lowest BCUT2D eigenvalue weighted by atomic mass is 9.86. The van der Waals surface area contributed by atoms with Gasteiger partial charge in [-0.25, -0.2) is 0 Å². The highest BCUT2D eigenvalue weighted by atomic mass is 35.5. The summed E-state index contributed by atoms with van der Waals surface area (Å²) in [4.78, 5) is 0. The van der Waals surface area contributed by atoms with Gasteiger partial charge in [0.2, 0.25) is 0 Å². The number of aliphatic hydroxyl groups excluding tert-OH is 1. The average Bonchev–Trinajstić information content (AvgIpc) is 2.82. The highest BCUT2D eigenvalue weighted by Crippen LogP contribution is 2.51. The Morgan fingerprint density at radius 2 is 1.95 bits per heavy atom. The number of piperidine rings is 1. The summed E-state index contributed by atoms with van der Waals surface area (Å²) in [5.41, 5.74) is 4.27. The van der Waals surface area contributed by atoms with Crippen LogP contribution >= 0.6 is 23.2 Å². The molecule has 0 saturated carbocycles. The van der Waals surface area contributed by atoms with Crippen molar-refractivity contribution in [1.29, 1.82) is 0 Å². The van der Waals surface area contributed by atoms with Crippen molar-refractivity contribution in [2.24, 2.45) is 5.92 Å². The Labute approximate surface area is 140 Å². The Bertz CT molecular complexity index is 731. The number of aliphatic hydroxyl groups is 1. The topological polar surface area (TPSA) is 32.3 Å². The molecule has 1 heterocycles. The van der Waals surface area contributed by atoms with Gasteiger partial charge in [-0.3, -0.25) is 0 Å². The van der Waals surface area contributed by atoms with Gasteiger partial charge in [0.25, 0.3) is 0 Å². The van der Waals surface area contributed by atoms with Crippen molar-refractivity contribution in [2.45, 2.75) is 18.4 Å². The van der Waals surface area contributed by atoms with Crippen molar-refractivity contribution in [2.75, 3.05) is 13.1 Å². The summed E-state index contributed by atoms with van der Waals surface area (Å²) in [5, 5.41) is 15.6. The van der Waals surface area contributed by atoms with Crippen molar-refractivity contribution in [3.05, 3.63) is 57.6 Å². The maximum Gasteiger partial charge on any atom is 0.0833 e. The molecule has 114 valence electrons.